The molecule has 1 atom stereocenters. The minimum absolute atomic E-state index is 0.0321. The molecule has 2 nitrogen and oxygen atoms in total. The quantitative estimate of drug-likeness (QED) is 0.688. The number of hydrogen-bond donors (Lipinski definition) is 1. The van der Waals surface area contributed by atoms with E-state index in [-0.39, 0.29) is 12.6 Å². The van der Waals surface area contributed by atoms with Gasteiger partial charge in [0.2, 0.25) is 0 Å². The fraction of sp³-hybridized carbons (Fsp3) is 0.625. The average Bonchev–Trinajstić information content (AvgIpc) is 2.45. The predicted molar refractivity (Wildman–Crippen MR) is 78.3 cm³/mol. The normalized spacial score (nSPS) is 13.4. The SMILES string of the molecule is CCCNC(CCOCC(F)(F)F)c1cccc(CC)c1. The summed E-state index contributed by atoms with van der Waals surface area (Å²) in [6.07, 6.45) is -1.80. The maximum absolute atomic E-state index is 12.1. The molecule has 0 saturated carbocycles. The molecule has 0 fully saturated rings. The average molecular weight is 303 g/mol. The number of alkyl halides is 3. The lowest BCUT2D eigenvalue weighted by Crippen LogP contribution is -2.25. The van der Waals surface area contributed by atoms with Gasteiger partial charge in [0.15, 0.2) is 0 Å². The van der Waals surface area contributed by atoms with E-state index in [1.807, 2.05) is 12.1 Å². The third kappa shape index (κ3) is 7.48. The van der Waals surface area contributed by atoms with E-state index in [0.717, 1.165) is 24.9 Å². The summed E-state index contributed by atoms with van der Waals surface area (Å²) in [7, 11) is 0. The number of nitrogens with one attached hydrogen (secondary N) is 1. The molecule has 1 aromatic rings. The van der Waals surface area contributed by atoms with Crippen LogP contribution in [-0.4, -0.2) is 25.9 Å². The molecule has 1 N–H and O–H groups in total. The Kier molecular flexibility index (Phi) is 7.75. The van der Waals surface area contributed by atoms with Gasteiger partial charge in [0, 0.05) is 12.6 Å². The van der Waals surface area contributed by atoms with Crippen LogP contribution >= 0.6 is 0 Å². The van der Waals surface area contributed by atoms with Gasteiger partial charge in [-0.15, -0.1) is 0 Å². The van der Waals surface area contributed by atoms with Crippen LogP contribution in [0.2, 0.25) is 0 Å². The maximum Gasteiger partial charge on any atom is 0.411 e. The lowest BCUT2D eigenvalue weighted by atomic mass is 10.0. The van der Waals surface area contributed by atoms with Gasteiger partial charge in [-0.05, 0) is 36.9 Å². The predicted octanol–water partition coefficient (Wildman–Crippen LogP) is 4.26. The van der Waals surface area contributed by atoms with E-state index in [2.05, 4.69) is 31.3 Å². The first-order valence-electron chi connectivity index (χ1n) is 7.43. The molecule has 120 valence electrons. The van der Waals surface area contributed by atoms with Crippen LogP contribution in [0.4, 0.5) is 13.2 Å². The number of aryl methyl sites for hydroxylation is 1. The Morgan fingerprint density at radius 1 is 1.24 bits per heavy atom. The molecule has 0 spiro atoms. The van der Waals surface area contributed by atoms with E-state index in [9.17, 15) is 13.2 Å². The number of hydrogen-bond acceptors (Lipinski definition) is 2. The summed E-state index contributed by atoms with van der Waals surface area (Å²) in [4.78, 5) is 0. The largest absolute Gasteiger partial charge is 0.411 e. The van der Waals surface area contributed by atoms with E-state index >= 15 is 0 Å². The molecule has 0 aliphatic carbocycles. The van der Waals surface area contributed by atoms with Crippen LogP contribution in [0.15, 0.2) is 24.3 Å². The molecule has 0 aliphatic heterocycles. The minimum atomic E-state index is -4.26. The minimum Gasteiger partial charge on any atom is -0.372 e. The smallest absolute Gasteiger partial charge is 0.372 e. The van der Waals surface area contributed by atoms with E-state index in [1.165, 1.54) is 5.56 Å². The summed E-state index contributed by atoms with van der Waals surface area (Å²) in [6, 6.07) is 8.20. The fourth-order valence-electron chi connectivity index (χ4n) is 2.12. The van der Waals surface area contributed by atoms with Crippen molar-refractivity contribution >= 4 is 0 Å². The zero-order valence-electron chi connectivity index (χ0n) is 12.7. The van der Waals surface area contributed by atoms with Crippen molar-refractivity contribution in [2.75, 3.05) is 19.8 Å². The van der Waals surface area contributed by atoms with Gasteiger partial charge in [-0.3, -0.25) is 0 Å². The van der Waals surface area contributed by atoms with Crippen LogP contribution in [0.25, 0.3) is 0 Å². The van der Waals surface area contributed by atoms with Crippen LogP contribution in [0.3, 0.4) is 0 Å². The third-order valence-corrected chi connectivity index (χ3v) is 3.22. The van der Waals surface area contributed by atoms with Crippen LogP contribution in [0.1, 0.15) is 43.9 Å². The van der Waals surface area contributed by atoms with Crippen molar-refractivity contribution < 1.29 is 17.9 Å². The van der Waals surface area contributed by atoms with Crippen molar-refractivity contribution in [1.29, 1.82) is 0 Å². The monoisotopic (exact) mass is 303 g/mol. The van der Waals surface area contributed by atoms with Crippen molar-refractivity contribution in [3.05, 3.63) is 35.4 Å². The van der Waals surface area contributed by atoms with Crippen LogP contribution in [-0.2, 0) is 11.2 Å². The number of rotatable bonds is 9. The van der Waals surface area contributed by atoms with E-state index in [4.69, 9.17) is 4.74 Å². The van der Waals surface area contributed by atoms with Crippen LogP contribution in [0, 0.1) is 0 Å². The van der Waals surface area contributed by atoms with Crippen molar-refractivity contribution in [3.63, 3.8) is 0 Å². The molecule has 0 amide bonds. The Labute approximate surface area is 124 Å². The third-order valence-electron chi connectivity index (χ3n) is 3.22. The molecule has 21 heavy (non-hydrogen) atoms. The molecule has 1 rings (SSSR count). The molecular weight excluding hydrogens is 279 g/mol. The molecule has 0 aromatic heterocycles. The summed E-state index contributed by atoms with van der Waals surface area (Å²) < 4.78 is 40.9. The number of halogens is 3. The molecule has 0 radical (unpaired) electrons. The van der Waals surface area contributed by atoms with Crippen molar-refractivity contribution in [2.45, 2.75) is 45.3 Å². The summed E-state index contributed by atoms with van der Waals surface area (Å²) in [5.41, 5.74) is 2.34. The fourth-order valence-corrected chi connectivity index (χ4v) is 2.12. The second-order valence-corrected chi connectivity index (χ2v) is 5.06. The second kappa shape index (κ2) is 9.05. The van der Waals surface area contributed by atoms with Crippen molar-refractivity contribution in [1.82, 2.24) is 5.32 Å². The summed E-state index contributed by atoms with van der Waals surface area (Å²) in [6.45, 7) is 3.90. The molecule has 1 unspecified atom stereocenters. The first kappa shape index (κ1) is 18.0. The Hall–Kier alpha value is -1.07. The first-order valence-corrected chi connectivity index (χ1v) is 7.43. The van der Waals surface area contributed by atoms with Crippen molar-refractivity contribution in [2.24, 2.45) is 0 Å². The topological polar surface area (TPSA) is 21.3 Å². The van der Waals surface area contributed by atoms with Crippen LogP contribution < -0.4 is 5.32 Å². The summed E-state index contributed by atoms with van der Waals surface area (Å²) >= 11 is 0. The molecule has 5 heteroatoms. The molecule has 0 bridgehead atoms. The van der Waals surface area contributed by atoms with Gasteiger partial charge < -0.3 is 10.1 Å². The van der Waals surface area contributed by atoms with Gasteiger partial charge in [-0.25, -0.2) is 0 Å². The zero-order valence-corrected chi connectivity index (χ0v) is 12.7. The van der Waals surface area contributed by atoms with E-state index < -0.39 is 12.8 Å². The van der Waals surface area contributed by atoms with Gasteiger partial charge in [0.1, 0.15) is 6.61 Å². The molecule has 0 saturated heterocycles. The molecule has 0 heterocycles. The second-order valence-electron chi connectivity index (χ2n) is 5.06. The van der Waals surface area contributed by atoms with Gasteiger partial charge in [-0.2, -0.15) is 13.2 Å². The lowest BCUT2D eigenvalue weighted by molar-refractivity contribution is -0.174. The Balaban J connectivity index is 2.58. The molecule has 0 aliphatic rings. The molecule has 1 aromatic carbocycles. The highest BCUT2D eigenvalue weighted by Crippen LogP contribution is 2.20. The standard InChI is InChI=1S/C16H24F3NO/c1-3-9-20-15(8-10-21-12-16(17,18)19)14-7-5-6-13(4-2)11-14/h5-7,11,15,20H,3-4,8-10,12H2,1-2H3. The highest BCUT2D eigenvalue weighted by molar-refractivity contribution is 5.26. The van der Waals surface area contributed by atoms with Gasteiger partial charge in [0.25, 0.3) is 0 Å². The van der Waals surface area contributed by atoms with Gasteiger partial charge >= 0.3 is 6.18 Å². The lowest BCUT2D eigenvalue weighted by Gasteiger charge is -2.20. The first-order chi connectivity index (χ1) is 9.96. The maximum atomic E-state index is 12.1. The van der Waals surface area contributed by atoms with E-state index in [1.54, 1.807) is 0 Å². The molecular formula is C16H24F3NO. The van der Waals surface area contributed by atoms with E-state index in [0.29, 0.717) is 6.42 Å². The van der Waals surface area contributed by atoms with Gasteiger partial charge in [-0.1, -0.05) is 38.1 Å². The number of ether oxygens (including phenoxy) is 1. The van der Waals surface area contributed by atoms with Crippen LogP contribution in [0.5, 0.6) is 0 Å². The highest BCUT2D eigenvalue weighted by atomic mass is 19.4. The summed E-state index contributed by atoms with van der Waals surface area (Å²) in [5, 5.41) is 3.37. The highest BCUT2D eigenvalue weighted by Gasteiger charge is 2.27. The van der Waals surface area contributed by atoms with Crippen molar-refractivity contribution in [3.8, 4) is 0 Å². The summed E-state index contributed by atoms with van der Waals surface area (Å²) in [5.74, 6) is 0. The number of benzene rings is 1. The van der Waals surface area contributed by atoms with Gasteiger partial charge in [0.05, 0.1) is 0 Å². The Bertz CT molecular complexity index is 407. The zero-order chi connectivity index (χ0) is 15.7. The Morgan fingerprint density at radius 3 is 2.62 bits per heavy atom. The Morgan fingerprint density at radius 2 is 2.00 bits per heavy atom.